The molecule has 2 aromatic rings. The van der Waals surface area contributed by atoms with Crippen LogP contribution in [0.1, 0.15) is 11.1 Å². The average molecular weight is 266 g/mol. The van der Waals surface area contributed by atoms with Crippen LogP contribution in [0.2, 0.25) is 5.02 Å². The van der Waals surface area contributed by atoms with E-state index in [0.29, 0.717) is 23.9 Å². The fraction of sp³-hybridized carbons (Fsp3) is 0.143. The van der Waals surface area contributed by atoms with E-state index in [1.54, 1.807) is 24.3 Å². The van der Waals surface area contributed by atoms with Crippen molar-refractivity contribution >= 4 is 11.6 Å². The molecule has 0 aromatic heterocycles. The van der Waals surface area contributed by atoms with Crippen LogP contribution in [0.15, 0.2) is 42.5 Å². The van der Waals surface area contributed by atoms with Crippen molar-refractivity contribution in [3.05, 3.63) is 64.4 Å². The molecule has 94 valence electrons. The predicted molar refractivity (Wildman–Crippen MR) is 70.1 cm³/mol. The summed E-state index contributed by atoms with van der Waals surface area (Å²) >= 11 is 5.77. The number of hydrogen-bond acceptors (Lipinski definition) is 2. The van der Waals surface area contributed by atoms with Crippen molar-refractivity contribution in [1.29, 1.82) is 0 Å². The molecule has 0 aliphatic heterocycles. The Kier molecular flexibility index (Phi) is 4.18. The molecule has 0 fully saturated rings. The molecule has 0 heterocycles. The minimum atomic E-state index is -0.298. The third-order valence-corrected chi connectivity index (χ3v) is 2.72. The van der Waals surface area contributed by atoms with E-state index in [1.165, 1.54) is 12.1 Å². The molecule has 0 radical (unpaired) electrons. The van der Waals surface area contributed by atoms with Crippen LogP contribution < -0.4 is 10.5 Å². The lowest BCUT2D eigenvalue weighted by atomic mass is 10.1. The summed E-state index contributed by atoms with van der Waals surface area (Å²) in [4.78, 5) is 0. The highest BCUT2D eigenvalue weighted by Gasteiger charge is 2.01. The Morgan fingerprint density at radius 1 is 1.06 bits per heavy atom. The topological polar surface area (TPSA) is 35.2 Å². The Balaban J connectivity index is 2.05. The summed E-state index contributed by atoms with van der Waals surface area (Å²) in [6.07, 6.45) is 0. The van der Waals surface area contributed by atoms with Crippen LogP contribution in [-0.4, -0.2) is 0 Å². The van der Waals surface area contributed by atoms with Crippen molar-refractivity contribution in [1.82, 2.24) is 0 Å². The molecule has 2 N–H and O–H groups in total. The first-order valence-corrected chi connectivity index (χ1v) is 5.92. The zero-order valence-electron chi connectivity index (χ0n) is 9.70. The van der Waals surface area contributed by atoms with Crippen LogP contribution in [-0.2, 0) is 13.2 Å². The summed E-state index contributed by atoms with van der Waals surface area (Å²) in [5.41, 5.74) is 7.00. The van der Waals surface area contributed by atoms with Crippen LogP contribution in [0.25, 0.3) is 0 Å². The van der Waals surface area contributed by atoms with Gasteiger partial charge in [0.15, 0.2) is 0 Å². The summed E-state index contributed by atoms with van der Waals surface area (Å²) < 4.78 is 18.8. The van der Waals surface area contributed by atoms with E-state index in [2.05, 4.69) is 0 Å². The zero-order chi connectivity index (χ0) is 13.0. The largest absolute Gasteiger partial charge is 0.489 e. The van der Waals surface area contributed by atoms with E-state index in [1.807, 2.05) is 6.07 Å². The number of halogens is 2. The molecule has 0 spiro atoms. The lowest BCUT2D eigenvalue weighted by Crippen LogP contribution is -2.01. The van der Waals surface area contributed by atoms with E-state index in [4.69, 9.17) is 22.1 Å². The minimum Gasteiger partial charge on any atom is -0.489 e. The molecule has 2 nitrogen and oxygen atoms in total. The van der Waals surface area contributed by atoms with Gasteiger partial charge in [0.2, 0.25) is 0 Å². The van der Waals surface area contributed by atoms with Gasteiger partial charge in [0, 0.05) is 11.6 Å². The predicted octanol–water partition coefficient (Wildman–Crippen LogP) is 3.52. The first kappa shape index (κ1) is 12.9. The van der Waals surface area contributed by atoms with Gasteiger partial charge in [-0.1, -0.05) is 17.7 Å². The first-order valence-electron chi connectivity index (χ1n) is 5.54. The number of benzene rings is 2. The normalized spacial score (nSPS) is 10.4. The standard InChI is InChI=1S/C14H13ClFNO/c15-12-1-3-14(4-2-12)18-9-11-5-10(8-17)6-13(16)7-11/h1-7H,8-9,17H2. The van der Waals surface area contributed by atoms with Crippen molar-refractivity contribution in [2.45, 2.75) is 13.2 Å². The molecule has 18 heavy (non-hydrogen) atoms. The first-order chi connectivity index (χ1) is 8.67. The summed E-state index contributed by atoms with van der Waals surface area (Å²) in [6, 6.07) is 11.7. The summed E-state index contributed by atoms with van der Waals surface area (Å²) in [7, 11) is 0. The van der Waals surface area contributed by atoms with Crippen LogP contribution in [0.5, 0.6) is 5.75 Å². The van der Waals surface area contributed by atoms with Crippen molar-refractivity contribution in [2.24, 2.45) is 5.73 Å². The molecule has 2 rings (SSSR count). The highest BCUT2D eigenvalue weighted by Crippen LogP contribution is 2.17. The van der Waals surface area contributed by atoms with Gasteiger partial charge < -0.3 is 10.5 Å². The van der Waals surface area contributed by atoms with Crippen LogP contribution in [0.3, 0.4) is 0 Å². The maximum Gasteiger partial charge on any atom is 0.123 e. The van der Waals surface area contributed by atoms with Crippen molar-refractivity contribution < 1.29 is 9.13 Å². The van der Waals surface area contributed by atoms with Crippen LogP contribution in [0, 0.1) is 5.82 Å². The maximum absolute atomic E-state index is 13.3. The molecular formula is C14H13ClFNO. The Morgan fingerprint density at radius 3 is 2.39 bits per heavy atom. The van der Waals surface area contributed by atoms with Gasteiger partial charge in [0.25, 0.3) is 0 Å². The second kappa shape index (κ2) is 5.85. The summed E-state index contributed by atoms with van der Waals surface area (Å²) in [5, 5.41) is 0.651. The molecule has 0 saturated carbocycles. The summed E-state index contributed by atoms with van der Waals surface area (Å²) in [6.45, 7) is 0.609. The number of rotatable bonds is 4. The highest BCUT2D eigenvalue weighted by molar-refractivity contribution is 6.30. The van der Waals surface area contributed by atoms with E-state index >= 15 is 0 Å². The van der Waals surface area contributed by atoms with Crippen molar-refractivity contribution in [3.63, 3.8) is 0 Å². The Morgan fingerprint density at radius 2 is 1.72 bits per heavy atom. The Hall–Kier alpha value is -1.58. The molecule has 0 unspecified atom stereocenters. The van der Waals surface area contributed by atoms with Gasteiger partial charge in [0.05, 0.1) is 0 Å². The maximum atomic E-state index is 13.3. The second-order valence-corrected chi connectivity index (χ2v) is 4.35. The fourth-order valence-corrected chi connectivity index (χ4v) is 1.74. The van der Waals surface area contributed by atoms with Crippen molar-refractivity contribution in [2.75, 3.05) is 0 Å². The van der Waals surface area contributed by atoms with E-state index < -0.39 is 0 Å². The second-order valence-electron chi connectivity index (χ2n) is 3.91. The van der Waals surface area contributed by atoms with Crippen LogP contribution >= 0.6 is 11.6 Å². The Bertz CT molecular complexity index is 528. The number of ether oxygens (including phenoxy) is 1. The van der Waals surface area contributed by atoms with Gasteiger partial charge in [-0.2, -0.15) is 0 Å². The van der Waals surface area contributed by atoms with Gasteiger partial charge in [-0.15, -0.1) is 0 Å². The SMILES string of the molecule is NCc1cc(F)cc(COc2ccc(Cl)cc2)c1. The third kappa shape index (κ3) is 3.45. The van der Waals surface area contributed by atoms with E-state index in [-0.39, 0.29) is 5.82 Å². The number of nitrogens with two attached hydrogens (primary N) is 1. The van der Waals surface area contributed by atoms with Gasteiger partial charge in [-0.3, -0.25) is 0 Å². The molecule has 0 amide bonds. The quantitative estimate of drug-likeness (QED) is 0.918. The minimum absolute atomic E-state index is 0.298. The molecular weight excluding hydrogens is 253 g/mol. The van der Waals surface area contributed by atoms with Crippen LogP contribution in [0.4, 0.5) is 4.39 Å². The molecule has 0 atom stereocenters. The fourth-order valence-electron chi connectivity index (χ4n) is 1.62. The summed E-state index contributed by atoms with van der Waals surface area (Å²) in [5.74, 6) is 0.394. The van der Waals surface area contributed by atoms with Gasteiger partial charge in [0.1, 0.15) is 18.2 Å². The zero-order valence-corrected chi connectivity index (χ0v) is 10.5. The molecule has 0 saturated heterocycles. The van der Waals surface area contributed by atoms with Crippen molar-refractivity contribution in [3.8, 4) is 5.75 Å². The monoisotopic (exact) mass is 265 g/mol. The van der Waals surface area contributed by atoms with Gasteiger partial charge in [-0.25, -0.2) is 4.39 Å². The molecule has 0 aliphatic carbocycles. The van der Waals surface area contributed by atoms with Gasteiger partial charge in [-0.05, 0) is 47.5 Å². The molecule has 0 aliphatic rings. The lowest BCUT2D eigenvalue weighted by Gasteiger charge is -2.08. The molecule has 4 heteroatoms. The third-order valence-electron chi connectivity index (χ3n) is 2.47. The smallest absolute Gasteiger partial charge is 0.123 e. The molecule has 2 aromatic carbocycles. The van der Waals surface area contributed by atoms with E-state index in [9.17, 15) is 4.39 Å². The number of hydrogen-bond donors (Lipinski definition) is 1. The average Bonchev–Trinajstić information content (AvgIpc) is 2.37. The van der Waals surface area contributed by atoms with Gasteiger partial charge >= 0.3 is 0 Å². The highest BCUT2D eigenvalue weighted by atomic mass is 35.5. The van der Waals surface area contributed by atoms with E-state index in [0.717, 1.165) is 11.1 Å². The molecule has 0 bridgehead atoms. The Labute approximate surface area is 110 Å². The lowest BCUT2D eigenvalue weighted by molar-refractivity contribution is 0.305.